The van der Waals surface area contributed by atoms with Gasteiger partial charge in [0, 0.05) is 25.7 Å². The van der Waals surface area contributed by atoms with Crippen molar-refractivity contribution >= 4 is 11.6 Å². The number of benzene rings is 1. The van der Waals surface area contributed by atoms with E-state index in [1.807, 2.05) is 5.43 Å². The van der Waals surface area contributed by atoms with Gasteiger partial charge in [-0.2, -0.15) is 0 Å². The molecule has 0 atom stereocenters. The van der Waals surface area contributed by atoms with Crippen LogP contribution in [0, 0.1) is 5.82 Å². The summed E-state index contributed by atoms with van der Waals surface area (Å²) in [4.78, 5) is 12.7. The molecule has 0 unspecified atom stereocenters. The molecule has 0 heterocycles. The molecule has 0 saturated heterocycles. The molecule has 1 aromatic rings. The maximum atomic E-state index is 12.9. The Balaban J connectivity index is 2.53. The number of hydrogen-bond acceptors (Lipinski definition) is 3. The molecule has 3 N–H and O–H groups in total. The van der Waals surface area contributed by atoms with Crippen LogP contribution in [0.3, 0.4) is 0 Å². The van der Waals surface area contributed by atoms with Crippen LogP contribution in [-0.2, 0) is 4.79 Å². The number of carbonyl (C=O) groups is 1. The number of amides is 1. The minimum absolute atomic E-state index is 0.238. The molecule has 0 bridgehead atoms. The summed E-state index contributed by atoms with van der Waals surface area (Å²) < 4.78 is 12.9. The first-order valence-electron chi connectivity index (χ1n) is 4.59. The van der Waals surface area contributed by atoms with Crippen LogP contribution in [0.2, 0.25) is 0 Å². The lowest BCUT2D eigenvalue weighted by molar-refractivity contribution is -0.120. The Labute approximate surface area is 87.8 Å². The molecule has 0 aliphatic heterocycles. The average molecular weight is 211 g/mol. The van der Waals surface area contributed by atoms with E-state index in [1.54, 1.807) is 24.1 Å². The predicted molar refractivity (Wildman–Crippen MR) is 56.6 cm³/mol. The van der Waals surface area contributed by atoms with E-state index in [0.717, 1.165) is 5.69 Å². The van der Waals surface area contributed by atoms with Crippen molar-refractivity contribution < 1.29 is 9.18 Å². The van der Waals surface area contributed by atoms with Crippen LogP contribution in [0.1, 0.15) is 6.42 Å². The second-order valence-corrected chi connectivity index (χ2v) is 3.22. The number of hydrogen-bond donors (Lipinski definition) is 2. The third-order valence-electron chi connectivity index (χ3n) is 2.08. The molecule has 0 aromatic heterocycles. The SMILES string of the molecule is CN(CCC(=O)NN)c1cccc(F)c1. The highest BCUT2D eigenvalue weighted by molar-refractivity contribution is 5.75. The molecular formula is C10H14FN3O. The van der Waals surface area contributed by atoms with Crippen LogP contribution in [0.25, 0.3) is 0 Å². The predicted octanol–water partition coefficient (Wildman–Crippen LogP) is 0.642. The zero-order valence-corrected chi connectivity index (χ0v) is 8.53. The molecule has 0 saturated carbocycles. The summed E-state index contributed by atoms with van der Waals surface area (Å²) in [6, 6.07) is 6.21. The maximum Gasteiger partial charge on any atom is 0.235 e. The summed E-state index contributed by atoms with van der Waals surface area (Å²) in [5.41, 5.74) is 2.78. The Morgan fingerprint density at radius 1 is 1.60 bits per heavy atom. The van der Waals surface area contributed by atoms with Gasteiger partial charge < -0.3 is 4.90 Å². The van der Waals surface area contributed by atoms with Crippen molar-refractivity contribution in [3.8, 4) is 0 Å². The molecular weight excluding hydrogens is 197 g/mol. The second-order valence-electron chi connectivity index (χ2n) is 3.22. The third kappa shape index (κ3) is 3.55. The number of carbonyl (C=O) groups excluding carboxylic acids is 1. The van der Waals surface area contributed by atoms with Gasteiger partial charge in [0.25, 0.3) is 0 Å². The van der Waals surface area contributed by atoms with Crippen LogP contribution >= 0.6 is 0 Å². The molecule has 1 aromatic carbocycles. The van der Waals surface area contributed by atoms with Gasteiger partial charge in [-0.15, -0.1) is 0 Å². The van der Waals surface area contributed by atoms with Gasteiger partial charge in [-0.05, 0) is 18.2 Å². The number of nitrogens with one attached hydrogen (secondary N) is 1. The molecule has 0 fully saturated rings. The minimum Gasteiger partial charge on any atom is -0.374 e. The number of hydrazine groups is 1. The Hall–Kier alpha value is -1.62. The number of nitrogens with two attached hydrogens (primary N) is 1. The second kappa shape index (κ2) is 5.31. The summed E-state index contributed by atoms with van der Waals surface area (Å²) >= 11 is 0. The lowest BCUT2D eigenvalue weighted by Gasteiger charge is -2.18. The van der Waals surface area contributed by atoms with Crippen molar-refractivity contribution in [3.05, 3.63) is 30.1 Å². The van der Waals surface area contributed by atoms with Crippen molar-refractivity contribution in [1.29, 1.82) is 0 Å². The highest BCUT2D eigenvalue weighted by atomic mass is 19.1. The van der Waals surface area contributed by atoms with Gasteiger partial charge in [0.1, 0.15) is 5.82 Å². The van der Waals surface area contributed by atoms with E-state index < -0.39 is 0 Å². The largest absolute Gasteiger partial charge is 0.374 e. The summed E-state index contributed by atoms with van der Waals surface area (Å²) in [7, 11) is 1.79. The first-order chi connectivity index (χ1) is 7.13. The van der Waals surface area contributed by atoms with Crippen LogP contribution in [0.4, 0.5) is 10.1 Å². The molecule has 0 radical (unpaired) electrons. The zero-order chi connectivity index (χ0) is 11.3. The van der Waals surface area contributed by atoms with Crippen LogP contribution in [-0.4, -0.2) is 19.5 Å². The lowest BCUT2D eigenvalue weighted by atomic mass is 10.2. The Morgan fingerprint density at radius 2 is 2.33 bits per heavy atom. The van der Waals surface area contributed by atoms with Gasteiger partial charge in [0.2, 0.25) is 5.91 Å². The van der Waals surface area contributed by atoms with Crippen molar-refractivity contribution in [2.24, 2.45) is 5.84 Å². The van der Waals surface area contributed by atoms with Gasteiger partial charge in [-0.25, -0.2) is 10.2 Å². The minimum atomic E-state index is -0.289. The number of anilines is 1. The highest BCUT2D eigenvalue weighted by Gasteiger charge is 2.04. The maximum absolute atomic E-state index is 12.9. The van der Waals surface area contributed by atoms with Gasteiger partial charge in [0.05, 0.1) is 0 Å². The fraction of sp³-hybridized carbons (Fsp3) is 0.300. The Kier molecular flexibility index (Phi) is 4.05. The summed E-state index contributed by atoms with van der Waals surface area (Å²) in [5, 5.41) is 0. The molecule has 1 amide bonds. The van der Waals surface area contributed by atoms with E-state index in [1.165, 1.54) is 12.1 Å². The fourth-order valence-electron chi connectivity index (χ4n) is 1.18. The quantitative estimate of drug-likeness (QED) is 0.436. The van der Waals surface area contributed by atoms with Crippen molar-refractivity contribution in [1.82, 2.24) is 5.43 Å². The Morgan fingerprint density at radius 3 is 2.93 bits per heavy atom. The topological polar surface area (TPSA) is 58.4 Å². The molecule has 4 nitrogen and oxygen atoms in total. The number of rotatable bonds is 4. The molecule has 1 rings (SSSR count). The van der Waals surface area contributed by atoms with Crippen molar-refractivity contribution in [3.63, 3.8) is 0 Å². The monoisotopic (exact) mass is 211 g/mol. The van der Waals surface area contributed by atoms with E-state index in [9.17, 15) is 9.18 Å². The van der Waals surface area contributed by atoms with E-state index in [0.29, 0.717) is 6.54 Å². The van der Waals surface area contributed by atoms with E-state index in [4.69, 9.17) is 5.84 Å². The van der Waals surface area contributed by atoms with E-state index in [2.05, 4.69) is 0 Å². The standard InChI is InChI=1S/C10H14FN3O/c1-14(6-5-10(15)13-12)9-4-2-3-8(11)7-9/h2-4,7H,5-6,12H2,1H3,(H,13,15). The lowest BCUT2D eigenvalue weighted by Crippen LogP contribution is -2.33. The third-order valence-corrected chi connectivity index (χ3v) is 2.08. The van der Waals surface area contributed by atoms with Crippen LogP contribution in [0.15, 0.2) is 24.3 Å². The molecule has 0 aliphatic rings. The van der Waals surface area contributed by atoms with E-state index >= 15 is 0 Å². The van der Waals surface area contributed by atoms with Crippen molar-refractivity contribution in [2.45, 2.75) is 6.42 Å². The Bertz CT molecular complexity index is 343. The first-order valence-corrected chi connectivity index (χ1v) is 4.59. The summed E-state index contributed by atoms with van der Waals surface area (Å²) in [5.74, 6) is 4.42. The van der Waals surface area contributed by atoms with E-state index in [-0.39, 0.29) is 18.1 Å². The van der Waals surface area contributed by atoms with Gasteiger partial charge in [-0.3, -0.25) is 10.2 Å². The zero-order valence-electron chi connectivity index (χ0n) is 8.53. The van der Waals surface area contributed by atoms with Crippen LogP contribution < -0.4 is 16.2 Å². The number of nitrogens with zero attached hydrogens (tertiary/aromatic N) is 1. The molecule has 82 valence electrons. The molecule has 15 heavy (non-hydrogen) atoms. The van der Waals surface area contributed by atoms with Crippen molar-refractivity contribution in [2.75, 3.05) is 18.5 Å². The van der Waals surface area contributed by atoms with Crippen LogP contribution in [0.5, 0.6) is 0 Å². The van der Waals surface area contributed by atoms with Gasteiger partial charge in [0.15, 0.2) is 0 Å². The molecule has 5 heteroatoms. The fourth-order valence-corrected chi connectivity index (χ4v) is 1.18. The van der Waals surface area contributed by atoms with Gasteiger partial charge >= 0.3 is 0 Å². The average Bonchev–Trinajstić information content (AvgIpc) is 2.25. The molecule has 0 spiro atoms. The first kappa shape index (κ1) is 11.5. The summed E-state index contributed by atoms with van der Waals surface area (Å²) in [6.45, 7) is 0.493. The normalized spacial score (nSPS) is 9.80. The smallest absolute Gasteiger partial charge is 0.235 e. The van der Waals surface area contributed by atoms with Gasteiger partial charge in [-0.1, -0.05) is 6.07 Å². The summed E-state index contributed by atoms with van der Waals surface area (Å²) in [6.07, 6.45) is 0.281. The number of halogens is 1. The highest BCUT2D eigenvalue weighted by Crippen LogP contribution is 2.13. The molecule has 0 aliphatic carbocycles.